The van der Waals surface area contributed by atoms with E-state index >= 15 is 0 Å². The third-order valence-corrected chi connectivity index (χ3v) is 6.65. The lowest BCUT2D eigenvalue weighted by atomic mass is 9.94. The number of aliphatic hydroxyl groups is 2. The van der Waals surface area contributed by atoms with E-state index in [4.69, 9.17) is 5.11 Å². The molecule has 0 aromatic heterocycles. The lowest BCUT2D eigenvalue weighted by molar-refractivity contribution is -0.126. The van der Waals surface area contributed by atoms with Crippen molar-refractivity contribution in [2.45, 2.75) is 57.2 Å². The molecule has 0 heterocycles. The minimum atomic E-state index is -1.18. The van der Waals surface area contributed by atoms with Gasteiger partial charge in [-0.1, -0.05) is 31.1 Å². The lowest BCUT2D eigenvalue weighted by Gasteiger charge is -2.30. The number of carbonyl (C=O) groups excluding carboxylic acids is 3. The van der Waals surface area contributed by atoms with Crippen molar-refractivity contribution >= 4 is 23.3 Å². The second kappa shape index (κ2) is 14.8. The molecule has 2 aromatic rings. The SMILES string of the molecule is C[C@@H](O)[C@H](NC(=O)c1ccc(C#CC#Cc2ccc(NC(=O)CN(C)C3CCCCC3)cc2)cc1)C(=O)CO. The van der Waals surface area contributed by atoms with Crippen molar-refractivity contribution < 1.29 is 24.6 Å². The molecule has 0 radical (unpaired) electrons. The molecule has 204 valence electrons. The number of nitrogens with one attached hydrogen (secondary N) is 2. The molecule has 1 aliphatic carbocycles. The summed E-state index contributed by atoms with van der Waals surface area (Å²) in [4.78, 5) is 38.6. The summed E-state index contributed by atoms with van der Waals surface area (Å²) in [5, 5.41) is 24.0. The maximum Gasteiger partial charge on any atom is 0.251 e. The number of amides is 2. The zero-order chi connectivity index (χ0) is 28.2. The number of Topliss-reactive ketones (excluding diaryl/α,β-unsaturated/α-hetero) is 1. The number of ketones is 1. The van der Waals surface area contributed by atoms with E-state index in [1.54, 1.807) is 24.3 Å². The first-order chi connectivity index (χ1) is 18.8. The van der Waals surface area contributed by atoms with Gasteiger partial charge < -0.3 is 20.8 Å². The van der Waals surface area contributed by atoms with Gasteiger partial charge in [-0.05, 0) is 87.2 Å². The second-order valence-corrected chi connectivity index (χ2v) is 9.73. The van der Waals surface area contributed by atoms with Gasteiger partial charge in [0.2, 0.25) is 5.91 Å². The fraction of sp³-hybridized carbons (Fsp3) is 0.387. The van der Waals surface area contributed by atoms with Gasteiger partial charge in [0.25, 0.3) is 5.91 Å². The molecule has 3 rings (SSSR count). The fourth-order valence-electron chi connectivity index (χ4n) is 4.42. The van der Waals surface area contributed by atoms with Crippen LogP contribution < -0.4 is 10.6 Å². The molecule has 2 atom stereocenters. The van der Waals surface area contributed by atoms with Crippen LogP contribution in [-0.2, 0) is 9.59 Å². The van der Waals surface area contributed by atoms with Crippen LogP contribution in [0.5, 0.6) is 0 Å². The molecule has 1 fully saturated rings. The van der Waals surface area contributed by atoms with Crippen LogP contribution in [0, 0.1) is 23.7 Å². The molecule has 0 saturated heterocycles. The molecule has 8 nitrogen and oxygen atoms in total. The Morgan fingerprint density at radius 1 is 0.949 bits per heavy atom. The summed E-state index contributed by atoms with van der Waals surface area (Å²) in [5.74, 6) is 10.2. The Morgan fingerprint density at radius 2 is 1.51 bits per heavy atom. The highest BCUT2D eigenvalue weighted by molar-refractivity contribution is 5.98. The quantitative estimate of drug-likeness (QED) is 0.371. The third kappa shape index (κ3) is 9.38. The van der Waals surface area contributed by atoms with Gasteiger partial charge in [-0.15, -0.1) is 0 Å². The summed E-state index contributed by atoms with van der Waals surface area (Å²) in [6, 6.07) is 13.0. The van der Waals surface area contributed by atoms with Crippen molar-refractivity contribution in [3.05, 3.63) is 65.2 Å². The molecule has 0 spiro atoms. The summed E-state index contributed by atoms with van der Waals surface area (Å²) in [5.41, 5.74) is 2.42. The molecule has 39 heavy (non-hydrogen) atoms. The molecule has 4 N–H and O–H groups in total. The van der Waals surface area contributed by atoms with Crippen LogP contribution in [0.2, 0.25) is 0 Å². The van der Waals surface area contributed by atoms with Crippen LogP contribution in [0.15, 0.2) is 48.5 Å². The van der Waals surface area contributed by atoms with Crippen LogP contribution >= 0.6 is 0 Å². The van der Waals surface area contributed by atoms with Crippen molar-refractivity contribution in [3.63, 3.8) is 0 Å². The number of carbonyl (C=O) groups is 3. The average Bonchev–Trinajstić information content (AvgIpc) is 2.95. The lowest BCUT2D eigenvalue weighted by Crippen LogP contribution is -2.48. The molecular formula is C31H35N3O5. The predicted octanol–water partition coefficient (Wildman–Crippen LogP) is 2.33. The standard InChI is InChI=1S/C31H35N3O5/c1-22(36)30(28(37)21-35)33-31(39)25-16-12-23(13-17-25)8-6-7-9-24-14-18-26(19-15-24)32-29(38)20-34(2)27-10-4-3-5-11-27/h12-19,22,27,30,35-36H,3-5,10-11,20-21H2,1-2H3,(H,32,38)(H,33,39)/t22-,30+/m1/s1. The molecule has 1 saturated carbocycles. The van der Waals surface area contributed by atoms with E-state index in [1.807, 2.05) is 31.3 Å². The third-order valence-electron chi connectivity index (χ3n) is 6.65. The van der Waals surface area contributed by atoms with Crippen molar-refractivity contribution in [1.29, 1.82) is 0 Å². The molecule has 2 amide bonds. The summed E-state index contributed by atoms with van der Waals surface area (Å²) >= 11 is 0. The summed E-state index contributed by atoms with van der Waals surface area (Å²) in [6.45, 7) is 0.965. The minimum absolute atomic E-state index is 0.0299. The van der Waals surface area contributed by atoms with Crippen molar-refractivity contribution in [3.8, 4) is 23.7 Å². The zero-order valence-electron chi connectivity index (χ0n) is 22.4. The average molecular weight is 530 g/mol. The van der Waals surface area contributed by atoms with E-state index < -0.39 is 30.4 Å². The Morgan fingerprint density at radius 3 is 2.05 bits per heavy atom. The van der Waals surface area contributed by atoms with E-state index in [0.717, 1.165) is 24.1 Å². The fourth-order valence-corrected chi connectivity index (χ4v) is 4.42. The Kier molecular flexibility index (Phi) is 11.3. The molecular weight excluding hydrogens is 494 g/mol. The highest BCUT2D eigenvalue weighted by Gasteiger charge is 2.25. The molecule has 0 bridgehead atoms. The van der Waals surface area contributed by atoms with Gasteiger partial charge >= 0.3 is 0 Å². The van der Waals surface area contributed by atoms with Gasteiger partial charge in [0.05, 0.1) is 12.6 Å². The van der Waals surface area contributed by atoms with E-state index in [9.17, 15) is 19.5 Å². The van der Waals surface area contributed by atoms with E-state index in [1.165, 1.54) is 26.2 Å². The number of nitrogens with zero attached hydrogens (tertiary/aromatic N) is 1. The van der Waals surface area contributed by atoms with Gasteiger partial charge in [0.15, 0.2) is 5.78 Å². The van der Waals surface area contributed by atoms with Crippen LogP contribution in [0.25, 0.3) is 0 Å². The normalized spacial score (nSPS) is 14.7. The molecule has 8 heteroatoms. The summed E-state index contributed by atoms with van der Waals surface area (Å²) < 4.78 is 0. The predicted molar refractivity (Wildman–Crippen MR) is 150 cm³/mol. The van der Waals surface area contributed by atoms with Crippen molar-refractivity contribution in [2.24, 2.45) is 0 Å². The first-order valence-electron chi connectivity index (χ1n) is 13.1. The number of rotatable bonds is 9. The van der Waals surface area contributed by atoms with E-state index in [2.05, 4.69) is 39.2 Å². The van der Waals surface area contributed by atoms with Crippen LogP contribution in [0.4, 0.5) is 5.69 Å². The Hall–Kier alpha value is -3.95. The summed E-state index contributed by atoms with van der Waals surface area (Å²) in [6.07, 6.45) is 4.93. The molecule has 1 aliphatic rings. The van der Waals surface area contributed by atoms with Crippen LogP contribution in [0.3, 0.4) is 0 Å². The smallest absolute Gasteiger partial charge is 0.251 e. The number of benzene rings is 2. The van der Waals surface area contributed by atoms with Gasteiger partial charge in [-0.25, -0.2) is 0 Å². The van der Waals surface area contributed by atoms with E-state index in [0.29, 0.717) is 18.2 Å². The van der Waals surface area contributed by atoms with Gasteiger partial charge in [0.1, 0.15) is 12.6 Å². The first-order valence-corrected chi connectivity index (χ1v) is 13.1. The Labute approximate surface area is 229 Å². The number of aliphatic hydroxyl groups excluding tert-OH is 2. The van der Waals surface area contributed by atoms with Gasteiger partial charge in [0, 0.05) is 28.4 Å². The monoisotopic (exact) mass is 529 g/mol. The first kappa shape index (κ1) is 29.6. The number of anilines is 1. The topological polar surface area (TPSA) is 119 Å². The zero-order valence-corrected chi connectivity index (χ0v) is 22.4. The van der Waals surface area contributed by atoms with Gasteiger partial charge in [-0.2, -0.15) is 0 Å². The number of hydrogen-bond donors (Lipinski definition) is 4. The largest absolute Gasteiger partial charge is 0.391 e. The number of hydrogen-bond acceptors (Lipinski definition) is 6. The minimum Gasteiger partial charge on any atom is -0.391 e. The van der Waals surface area contributed by atoms with Crippen LogP contribution in [0.1, 0.15) is 60.5 Å². The van der Waals surface area contributed by atoms with Crippen LogP contribution in [-0.4, -0.2) is 71.1 Å². The summed E-state index contributed by atoms with van der Waals surface area (Å²) in [7, 11) is 2.01. The molecule has 0 unspecified atom stereocenters. The second-order valence-electron chi connectivity index (χ2n) is 9.73. The number of likely N-dealkylation sites (N-methyl/N-ethyl adjacent to an activating group) is 1. The maximum absolute atomic E-state index is 12.4. The Balaban J connectivity index is 1.50. The van der Waals surface area contributed by atoms with Crippen molar-refractivity contribution in [2.75, 3.05) is 25.5 Å². The van der Waals surface area contributed by atoms with E-state index in [-0.39, 0.29) is 11.5 Å². The molecule has 2 aromatic carbocycles. The Bertz CT molecular complexity index is 1260. The highest BCUT2D eigenvalue weighted by Crippen LogP contribution is 2.21. The highest BCUT2D eigenvalue weighted by atomic mass is 16.3. The molecule has 0 aliphatic heterocycles. The maximum atomic E-state index is 12.4. The van der Waals surface area contributed by atoms with Crippen molar-refractivity contribution in [1.82, 2.24) is 10.2 Å². The van der Waals surface area contributed by atoms with Gasteiger partial charge in [-0.3, -0.25) is 19.3 Å².